The Labute approximate surface area is 247 Å². The van der Waals surface area contributed by atoms with Crippen LogP contribution in [0.4, 0.5) is 13.2 Å². The summed E-state index contributed by atoms with van der Waals surface area (Å²) in [7, 11) is 1.40. The molecule has 0 aliphatic carbocycles. The highest BCUT2D eigenvalue weighted by Crippen LogP contribution is 2.45. The Bertz CT molecular complexity index is 1530. The second-order valence-electron chi connectivity index (χ2n) is 11.7. The predicted molar refractivity (Wildman–Crippen MR) is 153 cm³/mol. The lowest BCUT2D eigenvalue weighted by Crippen LogP contribution is -2.38. The van der Waals surface area contributed by atoms with Crippen molar-refractivity contribution < 1.29 is 37.0 Å². The minimum Gasteiger partial charge on any atom is -0.492 e. The number of alkyl halides is 3. The number of amides is 1. The minimum absolute atomic E-state index is 0.00572. The summed E-state index contributed by atoms with van der Waals surface area (Å²) < 4.78 is 60.1. The summed E-state index contributed by atoms with van der Waals surface area (Å²) in [5, 5.41) is 3.59. The number of H-pyrrole nitrogens is 1. The highest BCUT2D eigenvalue weighted by Gasteiger charge is 2.44. The van der Waals surface area contributed by atoms with E-state index in [4.69, 9.17) is 14.2 Å². The van der Waals surface area contributed by atoms with Crippen LogP contribution < -0.4 is 4.74 Å². The standard InChI is InChI=1S/C30H36F3N5O5/c1-18(2)43-28(40)21-16-38(27(39)19-6-8-20(9-7-19)42-15-12-37-10-13-41-14-11-37)17-29(3,4)23-22-25(30(31,32)33)35-36(5)26(22)34-24(21)23/h6-9,16,18,34H,10-15,17H2,1-5H3. The Morgan fingerprint density at radius 2 is 1.81 bits per heavy atom. The Morgan fingerprint density at radius 3 is 2.44 bits per heavy atom. The molecule has 2 aliphatic heterocycles. The molecule has 10 nitrogen and oxygen atoms in total. The molecule has 0 radical (unpaired) electrons. The first-order valence-corrected chi connectivity index (χ1v) is 14.2. The first-order chi connectivity index (χ1) is 20.3. The molecule has 0 atom stereocenters. The monoisotopic (exact) mass is 603 g/mol. The number of benzene rings is 1. The van der Waals surface area contributed by atoms with Crippen molar-refractivity contribution >= 4 is 28.5 Å². The van der Waals surface area contributed by atoms with Gasteiger partial charge in [-0.1, -0.05) is 13.8 Å². The molecule has 3 aromatic rings. The number of rotatable bonds is 7. The van der Waals surface area contributed by atoms with E-state index >= 15 is 0 Å². The van der Waals surface area contributed by atoms with Gasteiger partial charge >= 0.3 is 12.1 Å². The number of aromatic nitrogens is 3. The zero-order valence-electron chi connectivity index (χ0n) is 24.9. The van der Waals surface area contributed by atoms with E-state index in [0.717, 1.165) is 24.3 Å². The molecule has 0 spiro atoms. The van der Waals surface area contributed by atoms with E-state index in [1.54, 1.807) is 52.0 Å². The summed E-state index contributed by atoms with van der Waals surface area (Å²) in [5.74, 6) is -0.582. The van der Waals surface area contributed by atoms with E-state index in [9.17, 15) is 22.8 Å². The normalized spacial score (nSPS) is 17.5. The van der Waals surface area contributed by atoms with Gasteiger partial charge in [0.05, 0.1) is 36.0 Å². The molecule has 1 amide bonds. The van der Waals surface area contributed by atoms with Crippen LogP contribution in [-0.4, -0.2) is 88.5 Å². The van der Waals surface area contributed by atoms with Gasteiger partial charge < -0.3 is 24.1 Å². The number of hydrogen-bond acceptors (Lipinski definition) is 7. The molecular formula is C30H36F3N5O5. The summed E-state index contributed by atoms with van der Waals surface area (Å²) in [6.45, 7) is 11.2. The fourth-order valence-corrected chi connectivity index (χ4v) is 5.60. The molecule has 43 heavy (non-hydrogen) atoms. The molecule has 0 unspecified atom stereocenters. The molecule has 0 saturated carbocycles. The molecule has 13 heteroatoms. The lowest BCUT2D eigenvalue weighted by molar-refractivity contribution is -0.141. The Morgan fingerprint density at radius 1 is 1.14 bits per heavy atom. The van der Waals surface area contributed by atoms with E-state index in [0.29, 0.717) is 31.1 Å². The van der Waals surface area contributed by atoms with Gasteiger partial charge in [0, 0.05) is 50.4 Å². The molecule has 5 rings (SSSR count). The maximum absolute atomic E-state index is 14.1. The van der Waals surface area contributed by atoms with E-state index in [1.807, 2.05) is 0 Å². The number of nitrogens with zero attached hydrogens (tertiary/aromatic N) is 4. The van der Waals surface area contributed by atoms with E-state index < -0.39 is 35.3 Å². The number of nitrogens with one attached hydrogen (secondary N) is 1. The van der Waals surface area contributed by atoms with Crippen molar-refractivity contribution in [3.05, 3.63) is 53.0 Å². The fourth-order valence-electron chi connectivity index (χ4n) is 5.60. The number of carbonyl (C=O) groups excluding carboxylic acids is 2. The highest BCUT2D eigenvalue weighted by molar-refractivity contribution is 6.18. The van der Waals surface area contributed by atoms with Crippen molar-refractivity contribution in [3.63, 3.8) is 0 Å². The highest BCUT2D eigenvalue weighted by atomic mass is 19.4. The largest absolute Gasteiger partial charge is 0.492 e. The van der Waals surface area contributed by atoms with E-state index in [-0.39, 0.29) is 34.4 Å². The number of morpholine rings is 1. The van der Waals surface area contributed by atoms with Crippen LogP contribution in [0.1, 0.15) is 55.0 Å². The summed E-state index contributed by atoms with van der Waals surface area (Å²) >= 11 is 0. The van der Waals surface area contributed by atoms with Crippen LogP contribution >= 0.6 is 0 Å². The zero-order chi connectivity index (χ0) is 31.1. The van der Waals surface area contributed by atoms with Crippen LogP contribution in [0.15, 0.2) is 30.5 Å². The predicted octanol–water partition coefficient (Wildman–Crippen LogP) is 4.36. The number of ether oxygens (including phenoxy) is 3. The van der Waals surface area contributed by atoms with Crippen molar-refractivity contribution in [3.8, 4) is 5.75 Å². The molecule has 0 bridgehead atoms. The minimum atomic E-state index is -4.73. The summed E-state index contributed by atoms with van der Waals surface area (Å²) in [6, 6.07) is 6.66. The molecule has 1 aromatic carbocycles. The van der Waals surface area contributed by atoms with Gasteiger partial charge in [0.25, 0.3) is 5.91 Å². The van der Waals surface area contributed by atoms with Crippen molar-refractivity contribution in [2.75, 3.05) is 46.0 Å². The SMILES string of the molecule is CC(C)OC(=O)C1=CN(C(=O)c2ccc(OCCN3CCOCC3)cc2)CC(C)(C)c2c1[nH]c1c2c(C(F)(F)F)nn1C. The van der Waals surface area contributed by atoms with Crippen molar-refractivity contribution in [1.82, 2.24) is 24.6 Å². The lowest BCUT2D eigenvalue weighted by atomic mass is 9.81. The smallest absolute Gasteiger partial charge is 0.435 e. The maximum Gasteiger partial charge on any atom is 0.435 e. The third kappa shape index (κ3) is 6.28. The number of aryl methyl sites for hydroxylation is 1. The first-order valence-electron chi connectivity index (χ1n) is 14.2. The number of hydrogen-bond donors (Lipinski definition) is 1. The number of aromatic amines is 1. The third-order valence-electron chi connectivity index (χ3n) is 7.56. The van der Waals surface area contributed by atoms with Gasteiger partial charge in [-0.05, 0) is 43.7 Å². The van der Waals surface area contributed by atoms with Crippen LogP contribution in [0.2, 0.25) is 0 Å². The first kappa shape index (κ1) is 30.6. The molecule has 2 aromatic heterocycles. The summed E-state index contributed by atoms with van der Waals surface area (Å²) in [6.07, 6.45) is -3.87. The molecule has 2 aliphatic rings. The third-order valence-corrected chi connectivity index (χ3v) is 7.56. The van der Waals surface area contributed by atoms with Crippen LogP contribution in [0.3, 0.4) is 0 Å². The van der Waals surface area contributed by atoms with Crippen molar-refractivity contribution in [2.45, 2.75) is 45.4 Å². The lowest BCUT2D eigenvalue weighted by Gasteiger charge is -2.29. The average Bonchev–Trinajstić information content (AvgIpc) is 3.45. The molecular weight excluding hydrogens is 567 g/mol. The second kappa shape index (κ2) is 11.7. The van der Waals surface area contributed by atoms with Gasteiger partial charge in [-0.3, -0.25) is 14.4 Å². The summed E-state index contributed by atoms with van der Waals surface area (Å²) in [4.78, 5) is 33.7. The number of fused-ring (bicyclic) bond motifs is 3. The zero-order valence-corrected chi connectivity index (χ0v) is 24.9. The van der Waals surface area contributed by atoms with Gasteiger partial charge in [-0.25, -0.2) is 4.79 Å². The van der Waals surface area contributed by atoms with Gasteiger partial charge in [0.1, 0.15) is 18.0 Å². The van der Waals surface area contributed by atoms with Gasteiger partial charge in [0.15, 0.2) is 5.69 Å². The van der Waals surface area contributed by atoms with Gasteiger partial charge in [0.2, 0.25) is 0 Å². The molecule has 4 heterocycles. The number of carbonyl (C=O) groups is 2. The van der Waals surface area contributed by atoms with E-state index in [1.165, 1.54) is 18.1 Å². The average molecular weight is 604 g/mol. The van der Waals surface area contributed by atoms with Gasteiger partial charge in [-0.15, -0.1) is 0 Å². The van der Waals surface area contributed by atoms with Crippen molar-refractivity contribution in [2.24, 2.45) is 7.05 Å². The quantitative estimate of drug-likeness (QED) is 0.401. The van der Waals surface area contributed by atoms with Crippen LogP contribution in [0.25, 0.3) is 16.6 Å². The second-order valence-corrected chi connectivity index (χ2v) is 11.7. The number of halogens is 3. The van der Waals surface area contributed by atoms with Crippen molar-refractivity contribution in [1.29, 1.82) is 0 Å². The topological polar surface area (TPSA) is 102 Å². The van der Waals surface area contributed by atoms with Crippen LogP contribution in [-0.2, 0) is 32.9 Å². The maximum atomic E-state index is 14.1. The molecule has 1 fully saturated rings. The van der Waals surface area contributed by atoms with Gasteiger partial charge in [-0.2, -0.15) is 18.3 Å². The van der Waals surface area contributed by atoms with Crippen LogP contribution in [0, 0.1) is 0 Å². The molecule has 1 N–H and O–H groups in total. The van der Waals surface area contributed by atoms with Crippen LogP contribution in [0.5, 0.6) is 5.75 Å². The number of esters is 1. The Balaban J connectivity index is 1.46. The summed E-state index contributed by atoms with van der Waals surface area (Å²) in [5.41, 5.74) is -1.26. The molecule has 1 saturated heterocycles. The Kier molecular flexibility index (Phi) is 8.32. The molecule has 232 valence electrons. The Hall–Kier alpha value is -3.84. The fraction of sp³-hybridized carbons (Fsp3) is 0.500. The van der Waals surface area contributed by atoms with E-state index in [2.05, 4.69) is 15.0 Å².